The molecule has 0 bridgehead atoms. The Bertz CT molecular complexity index is 467. The molecule has 90 valence electrons. The average Bonchev–Trinajstić information content (AvgIpc) is 3.10. The summed E-state index contributed by atoms with van der Waals surface area (Å²) in [5.74, 6) is -0.361. The van der Waals surface area contributed by atoms with Crippen LogP contribution in [0.25, 0.3) is 0 Å². The SMILES string of the molecule is COc1ccccc1NC(=O)C1(C(N)=O)CC1. The molecule has 2 amide bonds. The van der Waals surface area contributed by atoms with E-state index in [9.17, 15) is 9.59 Å². The molecule has 17 heavy (non-hydrogen) atoms. The number of methoxy groups -OCH3 is 1. The second-order valence-electron chi connectivity index (χ2n) is 4.10. The third-order valence-electron chi connectivity index (χ3n) is 3.01. The smallest absolute Gasteiger partial charge is 0.240 e. The quantitative estimate of drug-likeness (QED) is 0.759. The first kappa shape index (κ1) is 11.4. The highest BCUT2D eigenvalue weighted by atomic mass is 16.5. The van der Waals surface area contributed by atoms with E-state index in [0.29, 0.717) is 24.3 Å². The van der Waals surface area contributed by atoms with Crippen molar-refractivity contribution in [3.8, 4) is 5.75 Å². The molecule has 1 aromatic carbocycles. The van der Waals surface area contributed by atoms with Crippen LogP contribution in [0.5, 0.6) is 5.75 Å². The van der Waals surface area contributed by atoms with Gasteiger partial charge in [0.25, 0.3) is 0 Å². The number of amides is 2. The van der Waals surface area contributed by atoms with Crippen LogP contribution < -0.4 is 15.8 Å². The summed E-state index contributed by atoms with van der Waals surface area (Å²) in [6.45, 7) is 0. The number of rotatable bonds is 4. The second-order valence-corrected chi connectivity index (χ2v) is 4.10. The van der Waals surface area contributed by atoms with Gasteiger partial charge >= 0.3 is 0 Å². The summed E-state index contributed by atoms with van der Waals surface area (Å²) in [5, 5.41) is 2.68. The van der Waals surface area contributed by atoms with Crippen molar-refractivity contribution in [3.05, 3.63) is 24.3 Å². The molecular weight excluding hydrogens is 220 g/mol. The molecule has 0 radical (unpaired) electrons. The zero-order valence-electron chi connectivity index (χ0n) is 9.53. The number of benzene rings is 1. The number of nitrogens with two attached hydrogens (primary N) is 1. The zero-order valence-corrected chi connectivity index (χ0v) is 9.53. The van der Waals surface area contributed by atoms with Crippen molar-refractivity contribution in [2.75, 3.05) is 12.4 Å². The minimum atomic E-state index is -1.01. The number of primary amides is 1. The summed E-state index contributed by atoms with van der Waals surface area (Å²) in [4.78, 5) is 23.1. The fraction of sp³-hybridized carbons (Fsp3) is 0.333. The number of hydrogen-bond acceptors (Lipinski definition) is 3. The van der Waals surface area contributed by atoms with Gasteiger partial charge in [-0.3, -0.25) is 9.59 Å². The van der Waals surface area contributed by atoms with Crippen LogP contribution in [0.4, 0.5) is 5.69 Å². The van der Waals surface area contributed by atoms with Crippen LogP contribution in [-0.2, 0) is 9.59 Å². The number of carbonyl (C=O) groups excluding carboxylic acids is 2. The van der Waals surface area contributed by atoms with Gasteiger partial charge in [-0.1, -0.05) is 12.1 Å². The molecule has 1 fully saturated rings. The molecule has 5 heteroatoms. The van der Waals surface area contributed by atoms with Gasteiger partial charge in [-0.2, -0.15) is 0 Å². The van der Waals surface area contributed by atoms with E-state index in [2.05, 4.69) is 5.32 Å². The van der Waals surface area contributed by atoms with Crippen LogP contribution >= 0.6 is 0 Å². The largest absolute Gasteiger partial charge is 0.495 e. The molecule has 0 heterocycles. The highest BCUT2D eigenvalue weighted by Crippen LogP contribution is 2.46. The molecule has 0 spiro atoms. The topological polar surface area (TPSA) is 81.4 Å². The zero-order chi connectivity index (χ0) is 12.5. The predicted molar refractivity (Wildman–Crippen MR) is 62.5 cm³/mol. The van der Waals surface area contributed by atoms with Crippen molar-refractivity contribution in [1.82, 2.24) is 0 Å². The molecule has 2 rings (SSSR count). The number of anilines is 1. The summed E-state index contributed by atoms with van der Waals surface area (Å²) >= 11 is 0. The summed E-state index contributed by atoms with van der Waals surface area (Å²) in [6, 6.07) is 7.03. The summed E-state index contributed by atoms with van der Waals surface area (Å²) in [7, 11) is 1.52. The molecule has 0 atom stereocenters. The summed E-state index contributed by atoms with van der Waals surface area (Å²) < 4.78 is 5.11. The first-order chi connectivity index (χ1) is 8.10. The fourth-order valence-electron chi connectivity index (χ4n) is 1.70. The van der Waals surface area contributed by atoms with E-state index in [0.717, 1.165) is 0 Å². The number of nitrogens with one attached hydrogen (secondary N) is 1. The lowest BCUT2D eigenvalue weighted by molar-refractivity contribution is -0.132. The first-order valence-corrected chi connectivity index (χ1v) is 5.34. The minimum Gasteiger partial charge on any atom is -0.495 e. The van der Waals surface area contributed by atoms with Crippen LogP contribution in [0.2, 0.25) is 0 Å². The predicted octanol–water partition coefficient (Wildman–Crippen LogP) is 0.899. The van der Waals surface area contributed by atoms with Crippen LogP contribution in [0.1, 0.15) is 12.8 Å². The van der Waals surface area contributed by atoms with Gasteiger partial charge in [-0.05, 0) is 25.0 Å². The van der Waals surface area contributed by atoms with Gasteiger partial charge in [-0.25, -0.2) is 0 Å². The Morgan fingerprint density at radius 3 is 2.53 bits per heavy atom. The van der Waals surface area contributed by atoms with E-state index in [1.165, 1.54) is 7.11 Å². The molecule has 1 aromatic rings. The average molecular weight is 234 g/mol. The van der Waals surface area contributed by atoms with E-state index in [1.54, 1.807) is 24.3 Å². The molecule has 3 N–H and O–H groups in total. The molecule has 0 saturated heterocycles. The van der Waals surface area contributed by atoms with Gasteiger partial charge in [0.05, 0.1) is 12.8 Å². The van der Waals surface area contributed by atoms with Gasteiger partial charge in [-0.15, -0.1) is 0 Å². The van der Waals surface area contributed by atoms with E-state index >= 15 is 0 Å². The molecule has 0 unspecified atom stereocenters. The number of hydrogen-bond donors (Lipinski definition) is 2. The summed E-state index contributed by atoms with van der Waals surface area (Å²) in [5.41, 5.74) is 4.76. The number of carbonyl (C=O) groups is 2. The van der Waals surface area contributed by atoms with Crippen LogP contribution in [-0.4, -0.2) is 18.9 Å². The Morgan fingerprint density at radius 1 is 1.35 bits per heavy atom. The van der Waals surface area contributed by atoms with Gasteiger partial charge in [0.1, 0.15) is 11.2 Å². The third-order valence-corrected chi connectivity index (χ3v) is 3.01. The van der Waals surface area contributed by atoms with Crippen molar-refractivity contribution in [1.29, 1.82) is 0 Å². The third kappa shape index (κ3) is 1.95. The fourth-order valence-corrected chi connectivity index (χ4v) is 1.70. The Labute approximate surface area is 98.9 Å². The van der Waals surface area contributed by atoms with E-state index < -0.39 is 11.3 Å². The van der Waals surface area contributed by atoms with Crippen molar-refractivity contribution in [2.24, 2.45) is 11.1 Å². The van der Waals surface area contributed by atoms with Crippen LogP contribution in [0.15, 0.2) is 24.3 Å². The molecular formula is C12H14N2O3. The van der Waals surface area contributed by atoms with Crippen molar-refractivity contribution in [3.63, 3.8) is 0 Å². The molecule has 1 saturated carbocycles. The van der Waals surface area contributed by atoms with E-state index in [4.69, 9.17) is 10.5 Å². The van der Waals surface area contributed by atoms with Gasteiger partial charge < -0.3 is 15.8 Å². The Morgan fingerprint density at radius 2 is 2.00 bits per heavy atom. The first-order valence-electron chi connectivity index (χ1n) is 5.34. The minimum absolute atomic E-state index is 0.352. The van der Waals surface area contributed by atoms with Gasteiger partial charge in [0.15, 0.2) is 0 Å². The lowest BCUT2D eigenvalue weighted by Gasteiger charge is -2.13. The summed E-state index contributed by atoms with van der Waals surface area (Å²) in [6.07, 6.45) is 1.03. The second kappa shape index (κ2) is 4.08. The maximum absolute atomic E-state index is 11.9. The Balaban J connectivity index is 2.16. The van der Waals surface area contributed by atoms with Gasteiger partial charge in [0, 0.05) is 0 Å². The van der Waals surface area contributed by atoms with E-state index in [-0.39, 0.29) is 5.91 Å². The van der Waals surface area contributed by atoms with Crippen LogP contribution in [0, 0.1) is 5.41 Å². The normalized spacial score (nSPS) is 16.1. The maximum atomic E-state index is 11.9. The highest BCUT2D eigenvalue weighted by Gasteiger charge is 2.55. The molecule has 0 aromatic heterocycles. The maximum Gasteiger partial charge on any atom is 0.240 e. The monoisotopic (exact) mass is 234 g/mol. The number of para-hydroxylation sites is 2. The van der Waals surface area contributed by atoms with Crippen molar-refractivity contribution < 1.29 is 14.3 Å². The van der Waals surface area contributed by atoms with Crippen LogP contribution in [0.3, 0.4) is 0 Å². The van der Waals surface area contributed by atoms with Gasteiger partial charge in [0.2, 0.25) is 11.8 Å². The van der Waals surface area contributed by atoms with E-state index in [1.807, 2.05) is 0 Å². The standard InChI is InChI=1S/C12H14N2O3/c1-17-9-5-3-2-4-8(9)14-11(16)12(6-7-12)10(13)15/h2-5H,6-7H2,1H3,(H2,13,15)(H,14,16). The Kier molecular flexibility index (Phi) is 2.75. The molecule has 0 aliphatic heterocycles. The van der Waals surface area contributed by atoms with Crippen molar-refractivity contribution in [2.45, 2.75) is 12.8 Å². The Hall–Kier alpha value is -2.04. The van der Waals surface area contributed by atoms with Crippen molar-refractivity contribution >= 4 is 17.5 Å². The lowest BCUT2D eigenvalue weighted by atomic mass is 10.1. The molecule has 5 nitrogen and oxygen atoms in total. The molecule has 1 aliphatic rings. The number of ether oxygens (including phenoxy) is 1. The lowest BCUT2D eigenvalue weighted by Crippen LogP contribution is -2.36. The highest BCUT2D eigenvalue weighted by molar-refractivity contribution is 6.12. The molecule has 1 aliphatic carbocycles.